The number of hydrogen-bond acceptors (Lipinski definition) is 10. The van der Waals surface area contributed by atoms with Crippen LogP contribution in [0.2, 0.25) is 0 Å². The summed E-state index contributed by atoms with van der Waals surface area (Å²) >= 11 is 0. The first kappa shape index (κ1) is 31.6. The minimum absolute atomic E-state index is 0.261. The van der Waals surface area contributed by atoms with Gasteiger partial charge in [0.2, 0.25) is 0 Å². The molecular weight excluding hydrogens is 614 g/mol. The largest absolute Gasteiger partial charge is 0.381 e. The second-order valence-electron chi connectivity index (χ2n) is 12.1. The molecule has 242 valence electrons. The van der Waals surface area contributed by atoms with Crippen LogP contribution in [0.5, 0.6) is 0 Å². The second kappa shape index (κ2) is 13.5. The number of alkyl halides is 2. The predicted molar refractivity (Wildman–Crippen MR) is 170 cm³/mol. The van der Waals surface area contributed by atoms with E-state index in [0.717, 1.165) is 42.0 Å². The molecule has 15 heteroatoms. The van der Waals surface area contributed by atoms with Crippen molar-refractivity contribution in [3.05, 3.63) is 60.4 Å². The van der Waals surface area contributed by atoms with Crippen LogP contribution in [0, 0.1) is 17.8 Å². The average Bonchev–Trinajstić information content (AvgIpc) is 3.60. The highest BCUT2D eigenvalue weighted by molar-refractivity contribution is 7.90. The first-order valence-electron chi connectivity index (χ1n) is 15.3. The zero-order chi connectivity index (χ0) is 32.3. The van der Waals surface area contributed by atoms with E-state index in [1.54, 1.807) is 18.5 Å². The number of nitrogens with one attached hydrogen (secondary N) is 2. The maximum atomic E-state index is 12.8. The van der Waals surface area contributed by atoms with Gasteiger partial charge in [-0.3, -0.25) is 4.68 Å². The van der Waals surface area contributed by atoms with Gasteiger partial charge in [0.1, 0.15) is 18.2 Å². The third-order valence-electron chi connectivity index (χ3n) is 7.97. The summed E-state index contributed by atoms with van der Waals surface area (Å²) in [6, 6.07) is 3.83. The predicted octanol–water partition coefficient (Wildman–Crippen LogP) is 4.21. The molecule has 0 amide bonds. The molecule has 2 fully saturated rings. The van der Waals surface area contributed by atoms with Crippen molar-refractivity contribution in [2.75, 3.05) is 31.3 Å². The Morgan fingerprint density at radius 2 is 1.80 bits per heavy atom. The summed E-state index contributed by atoms with van der Waals surface area (Å²) in [5, 5.41) is 14.5. The molecule has 2 N–H and O–H groups in total. The molecule has 0 unspecified atom stereocenters. The fraction of sp³-hybridized carbons (Fsp3) is 0.452. The van der Waals surface area contributed by atoms with Gasteiger partial charge in [0, 0.05) is 37.2 Å². The quantitative estimate of drug-likeness (QED) is 0.227. The molecule has 2 aliphatic rings. The van der Waals surface area contributed by atoms with Crippen molar-refractivity contribution in [3.8, 4) is 23.2 Å². The Morgan fingerprint density at radius 3 is 2.54 bits per heavy atom. The van der Waals surface area contributed by atoms with Crippen LogP contribution in [0.4, 0.5) is 26.1 Å². The van der Waals surface area contributed by atoms with Crippen LogP contribution >= 0.6 is 0 Å². The van der Waals surface area contributed by atoms with Crippen molar-refractivity contribution in [2.45, 2.75) is 62.8 Å². The zero-order valence-electron chi connectivity index (χ0n) is 25.6. The number of pyridine rings is 1. The maximum Gasteiger partial charge on any atom is 0.257 e. The Balaban J connectivity index is 1.22. The van der Waals surface area contributed by atoms with Crippen LogP contribution in [0.15, 0.2) is 49.3 Å². The van der Waals surface area contributed by atoms with Gasteiger partial charge in [0.15, 0.2) is 5.82 Å². The number of aromatic nitrogens is 7. The van der Waals surface area contributed by atoms with Gasteiger partial charge in [-0.05, 0) is 64.6 Å². The lowest BCUT2D eigenvalue weighted by Crippen LogP contribution is -2.31. The van der Waals surface area contributed by atoms with E-state index < -0.39 is 23.0 Å². The first-order valence-corrected chi connectivity index (χ1v) is 16.8. The minimum Gasteiger partial charge on any atom is -0.381 e. The van der Waals surface area contributed by atoms with Gasteiger partial charge in [-0.1, -0.05) is 11.8 Å². The molecule has 0 saturated heterocycles. The monoisotopic (exact) mass is 650 g/mol. The first-order chi connectivity index (χ1) is 22.1. The SMILES string of the molecule is CN(C)CC1CCC(Nc2cc(Nc3ccnc(-c4cnn(S(=O)(=O)C5CC5)c4)n3)ncc2C#Cc2cnn(CC(F)F)c2)CC1. The van der Waals surface area contributed by atoms with Gasteiger partial charge < -0.3 is 15.5 Å². The topological polar surface area (TPSA) is 136 Å². The Hall–Kier alpha value is -4.42. The van der Waals surface area contributed by atoms with Crippen LogP contribution in [-0.2, 0) is 16.6 Å². The molecule has 6 rings (SSSR count). The molecule has 2 aliphatic carbocycles. The third kappa shape index (κ3) is 7.86. The van der Waals surface area contributed by atoms with Crippen LogP contribution in [0.25, 0.3) is 11.4 Å². The summed E-state index contributed by atoms with van der Waals surface area (Å²) in [6.45, 7) is 0.587. The average molecular weight is 651 g/mol. The fourth-order valence-corrected chi connectivity index (χ4v) is 7.03. The van der Waals surface area contributed by atoms with Gasteiger partial charge >= 0.3 is 0 Å². The summed E-state index contributed by atoms with van der Waals surface area (Å²) in [5.74, 6) is 8.14. The standard InChI is InChI=1S/C31H36F2N10O2S/c1-41(2)17-21-4-7-25(8-5-21)38-27-13-30(35-15-23(27)6-3-22-14-36-42(18-22)20-28(32)33)39-29-11-12-34-31(40-29)24-16-37-43(19-24)46(44,45)26-9-10-26/h11-16,18-19,21,25-26,28H,4-5,7-10,17,20H2,1-2H3,(H2,34,35,38,39,40). The molecular formula is C31H36F2N10O2S. The molecule has 4 aromatic heterocycles. The molecule has 0 atom stereocenters. The van der Waals surface area contributed by atoms with Crippen LogP contribution in [-0.4, -0.2) is 85.6 Å². The van der Waals surface area contributed by atoms with E-state index in [2.05, 4.69) is 66.6 Å². The van der Waals surface area contributed by atoms with E-state index in [-0.39, 0.29) is 11.3 Å². The van der Waals surface area contributed by atoms with E-state index in [1.165, 1.54) is 29.5 Å². The smallest absolute Gasteiger partial charge is 0.257 e. The summed E-state index contributed by atoms with van der Waals surface area (Å²) in [6.07, 6.45) is 12.2. The molecule has 0 aromatic carbocycles. The lowest BCUT2D eigenvalue weighted by molar-refractivity contribution is 0.122. The lowest BCUT2D eigenvalue weighted by Gasteiger charge is -2.31. The van der Waals surface area contributed by atoms with Crippen molar-refractivity contribution in [1.82, 2.24) is 38.8 Å². The van der Waals surface area contributed by atoms with E-state index in [9.17, 15) is 17.2 Å². The van der Waals surface area contributed by atoms with Gasteiger partial charge in [0.05, 0.1) is 46.2 Å². The number of hydrogen-bond donors (Lipinski definition) is 2. The van der Waals surface area contributed by atoms with Crippen molar-refractivity contribution < 1.29 is 17.2 Å². The maximum absolute atomic E-state index is 12.8. The summed E-state index contributed by atoms with van der Waals surface area (Å²) < 4.78 is 52.8. The Bertz CT molecular complexity index is 1830. The molecule has 0 bridgehead atoms. The van der Waals surface area contributed by atoms with Crippen LogP contribution < -0.4 is 10.6 Å². The van der Waals surface area contributed by atoms with Gasteiger partial charge in [-0.25, -0.2) is 32.2 Å². The highest BCUT2D eigenvalue weighted by atomic mass is 32.2. The second-order valence-corrected chi connectivity index (χ2v) is 14.1. The number of anilines is 3. The van der Waals surface area contributed by atoms with Crippen molar-refractivity contribution in [2.24, 2.45) is 5.92 Å². The van der Waals surface area contributed by atoms with E-state index in [4.69, 9.17) is 0 Å². The zero-order valence-corrected chi connectivity index (χ0v) is 26.5. The Labute approximate surface area is 266 Å². The summed E-state index contributed by atoms with van der Waals surface area (Å²) in [7, 11) is 0.706. The molecule has 46 heavy (non-hydrogen) atoms. The molecule has 4 heterocycles. The number of halogens is 2. The Kier molecular flexibility index (Phi) is 9.27. The lowest BCUT2D eigenvalue weighted by atomic mass is 9.85. The van der Waals surface area contributed by atoms with Crippen molar-refractivity contribution in [1.29, 1.82) is 0 Å². The number of rotatable bonds is 11. The van der Waals surface area contributed by atoms with Gasteiger partial charge in [-0.15, -0.1) is 0 Å². The van der Waals surface area contributed by atoms with Gasteiger partial charge in [-0.2, -0.15) is 14.3 Å². The van der Waals surface area contributed by atoms with Crippen molar-refractivity contribution >= 4 is 27.3 Å². The minimum atomic E-state index is -3.50. The summed E-state index contributed by atoms with van der Waals surface area (Å²) in [4.78, 5) is 15.7. The molecule has 0 radical (unpaired) electrons. The molecule has 4 aromatic rings. The Morgan fingerprint density at radius 1 is 1.00 bits per heavy atom. The van der Waals surface area contributed by atoms with E-state index in [0.29, 0.717) is 52.9 Å². The highest BCUT2D eigenvalue weighted by Crippen LogP contribution is 2.31. The third-order valence-corrected chi connectivity index (χ3v) is 10.0. The van der Waals surface area contributed by atoms with Gasteiger partial charge in [0.25, 0.3) is 16.4 Å². The molecule has 0 aliphatic heterocycles. The normalized spacial score (nSPS) is 18.4. The molecule has 12 nitrogen and oxygen atoms in total. The summed E-state index contributed by atoms with van der Waals surface area (Å²) in [5.41, 5.74) is 2.47. The highest BCUT2D eigenvalue weighted by Gasteiger charge is 2.37. The van der Waals surface area contributed by atoms with E-state index >= 15 is 0 Å². The van der Waals surface area contributed by atoms with Crippen LogP contribution in [0.1, 0.15) is 49.7 Å². The van der Waals surface area contributed by atoms with E-state index in [1.807, 2.05) is 6.07 Å². The number of nitrogens with zero attached hydrogens (tertiary/aromatic N) is 8. The van der Waals surface area contributed by atoms with Crippen LogP contribution in [0.3, 0.4) is 0 Å². The molecule has 0 spiro atoms. The molecule has 2 saturated carbocycles. The fourth-order valence-electron chi connectivity index (χ4n) is 5.55. The van der Waals surface area contributed by atoms with Crippen molar-refractivity contribution in [3.63, 3.8) is 0 Å².